The summed E-state index contributed by atoms with van der Waals surface area (Å²) in [6.45, 7) is 9.67. The molecule has 3 aromatic rings. The Labute approximate surface area is 256 Å². The smallest absolute Gasteiger partial charge is 0.366 e. The summed E-state index contributed by atoms with van der Waals surface area (Å²) in [7, 11) is 0. The second-order valence-electron chi connectivity index (χ2n) is 10.2. The average molecular weight is 603 g/mol. The summed E-state index contributed by atoms with van der Waals surface area (Å²) < 4.78 is 39.5. The molecule has 1 aliphatic rings. The molecule has 230 valence electrons. The van der Waals surface area contributed by atoms with Crippen LogP contribution < -0.4 is 14.2 Å². The Morgan fingerprint density at radius 2 is 1.27 bits per heavy atom. The van der Waals surface area contributed by atoms with E-state index in [9.17, 15) is 18.8 Å². The fourth-order valence-corrected chi connectivity index (χ4v) is 4.73. The van der Waals surface area contributed by atoms with Crippen molar-refractivity contribution < 1.29 is 42.5 Å². The van der Waals surface area contributed by atoms with Gasteiger partial charge in [-0.1, -0.05) is 32.2 Å². The van der Waals surface area contributed by atoms with Crippen LogP contribution in [0.1, 0.15) is 60.0 Å². The maximum Gasteiger partial charge on any atom is 0.366 e. The molecule has 1 unspecified atom stereocenters. The minimum atomic E-state index is -1.12. The Bertz CT molecular complexity index is 1510. The molecule has 0 fully saturated rings. The Morgan fingerprint density at radius 3 is 1.89 bits per heavy atom. The van der Waals surface area contributed by atoms with Crippen LogP contribution in [0, 0.1) is 0 Å². The summed E-state index contributed by atoms with van der Waals surface area (Å²) in [6.07, 6.45) is 3.72. The Kier molecular flexibility index (Phi) is 11.3. The number of fused-ring (bicyclic) bond motifs is 3. The molecular weight excluding hydrogens is 567 g/mol. The van der Waals surface area contributed by atoms with Crippen LogP contribution in [0.3, 0.4) is 0 Å². The predicted octanol–water partition coefficient (Wildman–Crippen LogP) is 7.11. The molecule has 0 aromatic heterocycles. The van der Waals surface area contributed by atoms with Gasteiger partial charge >= 0.3 is 17.9 Å². The fraction of sp³-hybridized carbons (Fsp3) is 0.286. The van der Waals surface area contributed by atoms with Gasteiger partial charge in [-0.15, -0.1) is 0 Å². The molecule has 3 aromatic carbocycles. The maximum atomic E-state index is 12.8. The minimum absolute atomic E-state index is 0.0815. The van der Waals surface area contributed by atoms with E-state index < -0.39 is 23.7 Å². The third kappa shape index (κ3) is 8.56. The van der Waals surface area contributed by atoms with Crippen molar-refractivity contribution in [2.45, 2.75) is 38.5 Å². The molecule has 0 amide bonds. The minimum Gasteiger partial charge on any atom is -0.494 e. The number of benzene rings is 3. The highest BCUT2D eigenvalue weighted by molar-refractivity contribution is 5.91. The van der Waals surface area contributed by atoms with E-state index in [1.54, 1.807) is 30.3 Å². The van der Waals surface area contributed by atoms with Gasteiger partial charge in [-0.3, -0.25) is 0 Å². The maximum absolute atomic E-state index is 12.8. The molecule has 0 heterocycles. The van der Waals surface area contributed by atoms with Crippen LogP contribution in [-0.2, 0) is 19.1 Å². The number of hydrogen-bond donors (Lipinski definition) is 0. The highest BCUT2D eigenvalue weighted by atomic mass is 19.1. The van der Waals surface area contributed by atoms with Crippen LogP contribution in [0.4, 0.5) is 4.39 Å². The van der Waals surface area contributed by atoms with Crippen LogP contribution in [-0.4, -0.2) is 44.3 Å². The van der Waals surface area contributed by atoms with Crippen molar-refractivity contribution >= 4 is 17.9 Å². The molecule has 44 heavy (non-hydrogen) atoms. The highest BCUT2D eigenvalue weighted by Crippen LogP contribution is 2.47. The first kappa shape index (κ1) is 32.0. The third-order valence-corrected chi connectivity index (χ3v) is 7.05. The summed E-state index contributed by atoms with van der Waals surface area (Å²) in [5.41, 5.74) is 4.81. The lowest BCUT2D eigenvalue weighted by Crippen LogP contribution is -2.09. The number of halogens is 1. The monoisotopic (exact) mass is 602 g/mol. The van der Waals surface area contributed by atoms with E-state index in [1.807, 2.05) is 30.3 Å². The van der Waals surface area contributed by atoms with Gasteiger partial charge in [0.05, 0.1) is 32.0 Å². The number of ether oxygens (including phenoxy) is 5. The quantitative estimate of drug-likeness (QED) is 0.0741. The number of rotatable bonds is 16. The number of carbonyl (C=O) groups is 3. The van der Waals surface area contributed by atoms with E-state index in [0.717, 1.165) is 40.5 Å². The number of unbranched alkanes of at least 4 members (excludes halogenated alkanes) is 2. The molecule has 0 saturated carbocycles. The van der Waals surface area contributed by atoms with E-state index in [-0.39, 0.29) is 12.5 Å². The fourth-order valence-electron chi connectivity index (χ4n) is 4.73. The second kappa shape index (κ2) is 15.5. The molecule has 8 nitrogen and oxygen atoms in total. The molecule has 0 N–H and O–H groups in total. The standard InChI is InChI=1S/C35H35FO8/c1-4-33(37)42-19-7-5-18-41-27-13-15-29-30-16-14-28(22-32(30)23(2)31(29)21-27)44-35(39)25-9-11-26(12-10-25)40-17-6-8-20-43-34(38)24(3)36/h4,9-16,21-23H,1,3,5-8,17-20H2,2H3. The molecule has 0 radical (unpaired) electrons. The first-order valence-electron chi connectivity index (χ1n) is 14.4. The average Bonchev–Trinajstić information content (AvgIpc) is 3.30. The van der Waals surface area contributed by atoms with Crippen LogP contribution in [0.2, 0.25) is 0 Å². The SMILES string of the molecule is C=CC(=O)OCCCCOc1ccc2c(c1)C(C)c1cc(OC(=O)c3ccc(OCCCCOC(=O)C(=C)F)cc3)ccc1-2. The zero-order valence-corrected chi connectivity index (χ0v) is 24.6. The van der Waals surface area contributed by atoms with Gasteiger partial charge in [0.15, 0.2) is 0 Å². The highest BCUT2D eigenvalue weighted by Gasteiger charge is 2.27. The molecular formula is C35H35FO8. The predicted molar refractivity (Wildman–Crippen MR) is 163 cm³/mol. The molecule has 9 heteroatoms. The Morgan fingerprint density at radius 1 is 0.750 bits per heavy atom. The van der Waals surface area contributed by atoms with Gasteiger partial charge in [0.2, 0.25) is 5.83 Å². The number of carbonyl (C=O) groups excluding carboxylic acids is 3. The molecule has 1 aliphatic carbocycles. The normalized spacial score (nSPS) is 12.8. The zero-order valence-electron chi connectivity index (χ0n) is 24.6. The largest absolute Gasteiger partial charge is 0.494 e. The number of esters is 3. The summed E-state index contributed by atoms with van der Waals surface area (Å²) in [4.78, 5) is 35.0. The van der Waals surface area contributed by atoms with Crippen molar-refractivity contribution in [3.05, 3.63) is 102 Å². The molecule has 1 atom stereocenters. The molecule has 0 saturated heterocycles. The van der Waals surface area contributed by atoms with Crippen LogP contribution in [0.5, 0.6) is 17.2 Å². The lowest BCUT2D eigenvalue weighted by molar-refractivity contribution is -0.141. The Balaban J connectivity index is 1.25. The molecule has 0 aliphatic heterocycles. The topological polar surface area (TPSA) is 97.4 Å². The lowest BCUT2D eigenvalue weighted by Gasteiger charge is -2.11. The number of hydrogen-bond acceptors (Lipinski definition) is 8. The van der Waals surface area contributed by atoms with Crippen molar-refractivity contribution in [1.29, 1.82) is 0 Å². The van der Waals surface area contributed by atoms with E-state index in [0.29, 0.717) is 56.1 Å². The van der Waals surface area contributed by atoms with Gasteiger partial charge in [-0.25, -0.2) is 14.4 Å². The van der Waals surface area contributed by atoms with Crippen molar-refractivity contribution in [3.63, 3.8) is 0 Å². The summed E-state index contributed by atoms with van der Waals surface area (Å²) in [6, 6.07) is 18.3. The molecule has 0 bridgehead atoms. The van der Waals surface area contributed by atoms with Crippen LogP contribution >= 0.6 is 0 Å². The van der Waals surface area contributed by atoms with Crippen LogP contribution in [0.15, 0.2) is 85.7 Å². The van der Waals surface area contributed by atoms with Crippen molar-refractivity contribution in [1.82, 2.24) is 0 Å². The van der Waals surface area contributed by atoms with Gasteiger partial charge in [-0.2, -0.15) is 4.39 Å². The summed E-state index contributed by atoms with van der Waals surface area (Å²) in [5.74, 6) is -1.17. The lowest BCUT2D eigenvalue weighted by atomic mass is 9.99. The Hall–Kier alpha value is -4.92. The molecule has 4 rings (SSSR count). The van der Waals surface area contributed by atoms with E-state index in [2.05, 4.69) is 20.1 Å². The van der Waals surface area contributed by atoms with Crippen molar-refractivity contribution in [2.24, 2.45) is 0 Å². The second-order valence-corrected chi connectivity index (χ2v) is 10.2. The summed E-state index contributed by atoms with van der Waals surface area (Å²) in [5, 5.41) is 0. The first-order valence-corrected chi connectivity index (χ1v) is 14.4. The van der Waals surface area contributed by atoms with Gasteiger partial charge in [0, 0.05) is 12.0 Å². The van der Waals surface area contributed by atoms with E-state index >= 15 is 0 Å². The van der Waals surface area contributed by atoms with Gasteiger partial charge in [-0.05, 0) is 96.5 Å². The van der Waals surface area contributed by atoms with Gasteiger partial charge in [0.1, 0.15) is 17.2 Å². The van der Waals surface area contributed by atoms with Crippen molar-refractivity contribution in [2.75, 3.05) is 26.4 Å². The van der Waals surface area contributed by atoms with E-state index in [1.165, 1.54) is 0 Å². The summed E-state index contributed by atoms with van der Waals surface area (Å²) >= 11 is 0. The molecule has 0 spiro atoms. The van der Waals surface area contributed by atoms with E-state index in [4.69, 9.17) is 23.7 Å². The van der Waals surface area contributed by atoms with Gasteiger partial charge in [0.25, 0.3) is 0 Å². The first-order chi connectivity index (χ1) is 21.3. The van der Waals surface area contributed by atoms with Gasteiger partial charge < -0.3 is 23.7 Å². The third-order valence-electron chi connectivity index (χ3n) is 7.05. The zero-order chi connectivity index (χ0) is 31.5. The van der Waals surface area contributed by atoms with Crippen molar-refractivity contribution in [3.8, 4) is 28.4 Å². The van der Waals surface area contributed by atoms with Crippen LogP contribution in [0.25, 0.3) is 11.1 Å².